The van der Waals surface area contributed by atoms with E-state index in [1.807, 2.05) is 6.92 Å². The zero-order valence-corrected chi connectivity index (χ0v) is 58.1. The van der Waals surface area contributed by atoms with Crippen molar-refractivity contribution in [3.8, 4) is 0 Å². The maximum Gasteiger partial charge on any atom is 0.306 e. The fourth-order valence-corrected chi connectivity index (χ4v) is 13.0. The highest BCUT2D eigenvalue weighted by Crippen LogP contribution is 2.46. The van der Waals surface area contributed by atoms with E-state index in [4.69, 9.17) is 44.4 Å². The van der Waals surface area contributed by atoms with E-state index in [0.29, 0.717) is 19.3 Å². The van der Waals surface area contributed by atoms with E-state index in [1.54, 1.807) is 0 Å². The summed E-state index contributed by atoms with van der Waals surface area (Å²) in [5, 5.41) is -0.341. The van der Waals surface area contributed by atoms with Gasteiger partial charge in [-0.25, -0.2) is 0 Å². The van der Waals surface area contributed by atoms with Crippen LogP contribution in [0.4, 0.5) is 0 Å². The van der Waals surface area contributed by atoms with Crippen molar-refractivity contribution in [2.75, 3.05) is 13.2 Å². The van der Waals surface area contributed by atoms with Gasteiger partial charge in [-0.2, -0.15) is 0 Å². The Morgan fingerprint density at radius 2 is 0.833 bits per heavy atom. The van der Waals surface area contributed by atoms with Crippen LogP contribution < -0.4 is 0 Å². The van der Waals surface area contributed by atoms with Crippen LogP contribution in [0, 0.1) is 0 Å². The Morgan fingerprint density at radius 3 is 1.22 bits per heavy atom. The van der Waals surface area contributed by atoms with Gasteiger partial charge in [-0.3, -0.25) is 9.59 Å². The number of allylic oxidation sites excluding steroid dienone is 4. The standard InChI is InChI=1S/C65H126O9SSi3/c1-19-21-23-25-27-29-31-33-35-37-39-41-43-45-47-49-57(66)68-52-55(70-58(67)50-48-46-44-42-40-38-36-34-32-30-28-26-24-22-20-2)53-69-62-61(74-78(17,18)65(10,11)12)60(73-77(15,16)64(7,8)9)59(56(71-62)51-54(3)75)72-76(13,14)63(4,5)6/h33-36,55-56,59-62H,19-32,37-53H2,1-18H3/b35-33-,36-34-/t55?,56-,59-,60+,61-,62+/m1/s1. The van der Waals surface area contributed by atoms with Gasteiger partial charge in [0, 0.05) is 19.3 Å². The first-order valence-corrected chi connectivity index (χ1v) is 41.1. The van der Waals surface area contributed by atoms with E-state index in [-0.39, 0.29) is 40.3 Å². The van der Waals surface area contributed by atoms with Crippen molar-refractivity contribution >= 4 is 54.0 Å². The average molecular weight is 1170 g/mol. The third-order valence-corrected chi connectivity index (χ3v) is 30.8. The van der Waals surface area contributed by atoms with Crippen LogP contribution in [0.3, 0.4) is 0 Å². The summed E-state index contributed by atoms with van der Waals surface area (Å²) in [5.74, 6) is -0.603. The predicted octanol–water partition coefficient (Wildman–Crippen LogP) is 20.2. The normalized spacial score (nSPS) is 19.5. The van der Waals surface area contributed by atoms with Crippen molar-refractivity contribution in [1.29, 1.82) is 0 Å². The fourth-order valence-electron chi connectivity index (χ4n) is 8.91. The lowest BCUT2D eigenvalue weighted by Crippen LogP contribution is -2.68. The minimum atomic E-state index is -2.52. The average Bonchev–Trinajstić information content (AvgIpc) is 3.32. The lowest BCUT2D eigenvalue weighted by Gasteiger charge is -2.54. The number of carbonyl (C=O) groups excluding carboxylic acids is 2. The Morgan fingerprint density at radius 1 is 0.487 bits per heavy atom. The molecule has 1 saturated heterocycles. The molecule has 0 radical (unpaired) electrons. The lowest BCUT2D eigenvalue weighted by molar-refractivity contribution is -0.291. The molecule has 0 aromatic heterocycles. The number of rotatable bonds is 44. The van der Waals surface area contributed by atoms with Crippen LogP contribution in [0.5, 0.6) is 0 Å². The Kier molecular flexibility index (Phi) is 38.0. The van der Waals surface area contributed by atoms with Crippen LogP contribution in [-0.4, -0.2) is 91.8 Å². The summed E-state index contributed by atoms with van der Waals surface area (Å²) in [6.07, 6.45) is 37.4. The Hall–Kier alpha value is -1.04. The van der Waals surface area contributed by atoms with Gasteiger partial charge in [0.2, 0.25) is 0 Å². The highest BCUT2D eigenvalue weighted by Gasteiger charge is 2.56. The molecule has 1 rings (SSSR count). The van der Waals surface area contributed by atoms with Gasteiger partial charge in [-0.05, 0) is 130 Å². The van der Waals surface area contributed by atoms with E-state index in [9.17, 15) is 9.59 Å². The molecular formula is C65H126O9SSi3. The zero-order chi connectivity index (χ0) is 58.9. The van der Waals surface area contributed by atoms with E-state index in [1.165, 1.54) is 103 Å². The summed E-state index contributed by atoms with van der Waals surface area (Å²) >= 11 is 5.83. The molecule has 0 aromatic carbocycles. The molecule has 1 unspecified atom stereocenters. The largest absolute Gasteiger partial charge is 0.462 e. The molecule has 1 fully saturated rings. The Balaban J connectivity index is 3.30. The van der Waals surface area contributed by atoms with E-state index < -0.39 is 61.8 Å². The molecule has 0 N–H and O–H groups in total. The summed E-state index contributed by atoms with van der Waals surface area (Å²) < 4.78 is 48.6. The van der Waals surface area contributed by atoms with Gasteiger partial charge in [0.05, 0.1) is 18.8 Å². The summed E-state index contributed by atoms with van der Waals surface area (Å²) in [4.78, 5) is 27.8. The zero-order valence-electron chi connectivity index (χ0n) is 54.3. The maximum absolute atomic E-state index is 13.7. The highest BCUT2D eigenvalue weighted by atomic mass is 32.1. The molecule has 0 spiro atoms. The number of hydrogen-bond donors (Lipinski definition) is 0. The van der Waals surface area contributed by atoms with Crippen LogP contribution in [0.1, 0.15) is 269 Å². The maximum atomic E-state index is 13.7. The van der Waals surface area contributed by atoms with Gasteiger partial charge in [-0.1, -0.05) is 215 Å². The van der Waals surface area contributed by atoms with Crippen molar-refractivity contribution in [3.05, 3.63) is 24.3 Å². The van der Waals surface area contributed by atoms with Crippen molar-refractivity contribution in [2.24, 2.45) is 0 Å². The Labute approximate surface area is 491 Å². The molecule has 0 aliphatic carbocycles. The van der Waals surface area contributed by atoms with Crippen LogP contribution >= 0.6 is 12.2 Å². The summed E-state index contributed by atoms with van der Waals surface area (Å²) in [7, 11) is -7.43. The van der Waals surface area contributed by atoms with E-state index in [2.05, 4.69) is 140 Å². The molecule has 6 atom stereocenters. The molecule has 13 heteroatoms. The fraction of sp³-hybridized carbons (Fsp3) is 0.892. The molecule has 0 bridgehead atoms. The quantitative estimate of drug-likeness (QED) is 0.0193. The molecule has 0 saturated carbocycles. The highest BCUT2D eigenvalue weighted by molar-refractivity contribution is 7.80. The second-order valence-corrected chi connectivity index (χ2v) is 42.7. The van der Waals surface area contributed by atoms with Crippen molar-refractivity contribution in [3.63, 3.8) is 0 Å². The van der Waals surface area contributed by atoms with Crippen LogP contribution in [-0.2, 0) is 41.8 Å². The van der Waals surface area contributed by atoms with Gasteiger partial charge in [-0.15, -0.1) is 0 Å². The number of thiocarbonyl (C=S) groups is 1. The molecule has 0 aromatic rings. The number of hydrogen-bond acceptors (Lipinski definition) is 10. The van der Waals surface area contributed by atoms with Gasteiger partial charge >= 0.3 is 11.9 Å². The van der Waals surface area contributed by atoms with Gasteiger partial charge in [0.25, 0.3) is 0 Å². The van der Waals surface area contributed by atoms with Crippen molar-refractivity contribution in [2.45, 2.75) is 360 Å². The molecule has 1 aliphatic heterocycles. The SMILES string of the molecule is CCCCCCCC/C=C\CCCCCCCC(=O)OCC(CO[C@H]1O[C@H](CC(C)=S)[C@@H](O[Si](C)(C)C(C)(C)C)[C@H](O[Si](C)(C)C(C)(C)C)[C@H]1O[Si](C)(C)C(C)(C)C)OC(=O)CCCCCCC/C=C\CCCCCCCC. The molecule has 1 aliphatic rings. The molecule has 9 nitrogen and oxygen atoms in total. The minimum absolute atomic E-state index is 0.0509. The van der Waals surface area contributed by atoms with E-state index >= 15 is 0 Å². The van der Waals surface area contributed by atoms with Gasteiger partial charge < -0.3 is 32.2 Å². The second-order valence-electron chi connectivity index (χ2n) is 27.8. The molecule has 78 heavy (non-hydrogen) atoms. The molecule has 458 valence electrons. The molecular weight excluding hydrogens is 1040 g/mol. The third-order valence-electron chi connectivity index (χ3n) is 17.3. The molecule has 1 heterocycles. The number of carbonyl (C=O) groups is 2. The van der Waals surface area contributed by atoms with Gasteiger partial charge in [0.1, 0.15) is 18.8 Å². The van der Waals surface area contributed by atoms with Crippen LogP contribution in [0.15, 0.2) is 24.3 Å². The number of esters is 2. The Bertz CT molecular complexity index is 1660. The number of ether oxygens (including phenoxy) is 4. The topological polar surface area (TPSA) is 98.8 Å². The second kappa shape index (κ2) is 39.5. The summed E-state index contributed by atoms with van der Waals surface area (Å²) in [6.45, 7) is 40.2. The number of unbranched alkanes of at least 4 members (excludes halogenated alkanes) is 22. The lowest BCUT2D eigenvalue weighted by atomic mass is 9.96. The van der Waals surface area contributed by atoms with Crippen molar-refractivity contribution in [1.82, 2.24) is 0 Å². The summed E-state index contributed by atoms with van der Waals surface area (Å²) in [5.41, 5.74) is 0. The predicted molar refractivity (Wildman–Crippen MR) is 343 cm³/mol. The van der Waals surface area contributed by atoms with Crippen molar-refractivity contribution < 1.29 is 41.8 Å². The third kappa shape index (κ3) is 32.1. The van der Waals surface area contributed by atoms with Crippen LogP contribution in [0.25, 0.3) is 0 Å². The first-order valence-electron chi connectivity index (χ1n) is 31.9. The first kappa shape index (κ1) is 75.0. The smallest absolute Gasteiger partial charge is 0.306 e. The first-order chi connectivity index (χ1) is 36.5. The minimum Gasteiger partial charge on any atom is -0.462 e. The molecule has 0 amide bonds. The van der Waals surface area contributed by atoms with Crippen LogP contribution in [0.2, 0.25) is 54.4 Å². The van der Waals surface area contributed by atoms with E-state index in [0.717, 1.165) is 69.1 Å². The monoisotopic (exact) mass is 1170 g/mol. The van der Waals surface area contributed by atoms with Gasteiger partial charge in [0.15, 0.2) is 37.3 Å². The summed E-state index contributed by atoms with van der Waals surface area (Å²) in [6, 6.07) is 0.